The summed E-state index contributed by atoms with van der Waals surface area (Å²) >= 11 is 0. The molecular formula is C14H26O4. The second-order valence-electron chi connectivity index (χ2n) is 5.12. The highest BCUT2D eigenvalue weighted by molar-refractivity contribution is 4.95. The molecular weight excluding hydrogens is 232 g/mol. The van der Waals surface area contributed by atoms with Gasteiger partial charge in [-0.05, 0) is 12.8 Å². The van der Waals surface area contributed by atoms with Crippen LogP contribution in [0.2, 0.25) is 0 Å². The second kappa shape index (κ2) is 7.43. The molecule has 0 spiro atoms. The van der Waals surface area contributed by atoms with Crippen LogP contribution in [0.4, 0.5) is 0 Å². The number of hydrogen-bond acceptors (Lipinski definition) is 4. The Balaban J connectivity index is 1.72. The van der Waals surface area contributed by atoms with Crippen LogP contribution in [-0.4, -0.2) is 50.8 Å². The summed E-state index contributed by atoms with van der Waals surface area (Å²) in [6, 6.07) is 0. The van der Waals surface area contributed by atoms with Crippen LogP contribution in [0.3, 0.4) is 0 Å². The first-order valence-electron chi connectivity index (χ1n) is 7.33. The molecule has 4 nitrogen and oxygen atoms in total. The maximum atomic E-state index is 5.83. The predicted octanol–water partition coefficient (Wildman–Crippen LogP) is 2.15. The summed E-state index contributed by atoms with van der Waals surface area (Å²) in [5.74, 6) is 0. The highest BCUT2D eigenvalue weighted by Gasteiger charge is 2.48. The zero-order chi connectivity index (χ0) is 12.8. The van der Waals surface area contributed by atoms with E-state index in [1.165, 1.54) is 0 Å². The van der Waals surface area contributed by atoms with Crippen LogP contribution >= 0.6 is 0 Å². The summed E-state index contributed by atoms with van der Waals surface area (Å²) in [6.45, 7) is 7.23. The summed E-state index contributed by atoms with van der Waals surface area (Å²) in [7, 11) is 0. The molecule has 2 saturated heterocycles. The van der Waals surface area contributed by atoms with Gasteiger partial charge in [0.05, 0.1) is 13.2 Å². The molecule has 2 fully saturated rings. The molecule has 0 aliphatic carbocycles. The molecule has 2 aliphatic heterocycles. The first-order chi connectivity index (χ1) is 8.86. The molecule has 4 atom stereocenters. The van der Waals surface area contributed by atoms with E-state index in [1.807, 2.05) is 0 Å². The fourth-order valence-corrected chi connectivity index (χ4v) is 2.47. The van der Waals surface area contributed by atoms with Gasteiger partial charge in [-0.1, -0.05) is 26.7 Å². The summed E-state index contributed by atoms with van der Waals surface area (Å²) in [6.07, 6.45) is 4.87. The second-order valence-corrected chi connectivity index (χ2v) is 5.12. The smallest absolute Gasteiger partial charge is 0.115 e. The van der Waals surface area contributed by atoms with E-state index < -0.39 is 0 Å². The summed E-state index contributed by atoms with van der Waals surface area (Å²) in [5.41, 5.74) is 0. The lowest BCUT2D eigenvalue weighted by Crippen LogP contribution is -2.34. The first-order valence-corrected chi connectivity index (χ1v) is 7.33. The molecule has 106 valence electrons. The van der Waals surface area contributed by atoms with E-state index in [9.17, 15) is 0 Å². The third-order valence-corrected chi connectivity index (χ3v) is 3.62. The minimum absolute atomic E-state index is 0.0773. The van der Waals surface area contributed by atoms with Crippen molar-refractivity contribution in [3.8, 4) is 0 Å². The topological polar surface area (TPSA) is 36.9 Å². The molecule has 4 heteroatoms. The van der Waals surface area contributed by atoms with Crippen molar-refractivity contribution in [1.82, 2.24) is 0 Å². The third kappa shape index (κ3) is 3.44. The number of fused-ring (bicyclic) bond motifs is 1. The van der Waals surface area contributed by atoms with Crippen LogP contribution in [0.25, 0.3) is 0 Å². The van der Waals surface area contributed by atoms with E-state index in [0.29, 0.717) is 13.2 Å². The monoisotopic (exact) mass is 258 g/mol. The van der Waals surface area contributed by atoms with Gasteiger partial charge < -0.3 is 18.9 Å². The van der Waals surface area contributed by atoms with Crippen molar-refractivity contribution in [2.75, 3.05) is 26.4 Å². The van der Waals surface area contributed by atoms with Crippen LogP contribution < -0.4 is 0 Å². The lowest BCUT2D eigenvalue weighted by atomic mass is 10.1. The molecule has 0 aromatic carbocycles. The van der Waals surface area contributed by atoms with E-state index in [2.05, 4.69) is 13.8 Å². The van der Waals surface area contributed by atoms with Gasteiger partial charge in [-0.15, -0.1) is 0 Å². The molecule has 0 aromatic rings. The Bertz CT molecular complexity index is 210. The molecule has 2 heterocycles. The van der Waals surface area contributed by atoms with E-state index in [0.717, 1.165) is 38.9 Å². The van der Waals surface area contributed by atoms with Crippen LogP contribution in [0, 0.1) is 0 Å². The Hall–Kier alpha value is -0.160. The molecule has 0 radical (unpaired) electrons. The standard InChI is InChI=1S/C14H26O4/c1-3-5-7-15-11-9-17-14-12(10-18-13(11)14)16-8-6-4-2/h11-14H,3-10H2,1-2H3/t11-,12+,13-,14-/m1/s1. The summed E-state index contributed by atoms with van der Waals surface area (Å²) in [5, 5.41) is 0. The van der Waals surface area contributed by atoms with E-state index in [4.69, 9.17) is 18.9 Å². The average Bonchev–Trinajstić information content (AvgIpc) is 2.94. The Morgan fingerprint density at radius 1 is 0.833 bits per heavy atom. The highest BCUT2D eigenvalue weighted by Crippen LogP contribution is 2.30. The number of ether oxygens (including phenoxy) is 4. The summed E-state index contributed by atoms with van der Waals surface area (Å²) in [4.78, 5) is 0. The Labute approximate surface area is 110 Å². The predicted molar refractivity (Wildman–Crippen MR) is 68.8 cm³/mol. The lowest BCUT2D eigenvalue weighted by molar-refractivity contribution is -0.0509. The summed E-state index contributed by atoms with van der Waals surface area (Å²) < 4.78 is 23.2. The molecule has 2 aliphatic rings. The van der Waals surface area contributed by atoms with Crippen LogP contribution in [-0.2, 0) is 18.9 Å². The largest absolute Gasteiger partial charge is 0.373 e. The van der Waals surface area contributed by atoms with Gasteiger partial charge in [0.25, 0.3) is 0 Å². The SMILES string of the molecule is CCCCO[C@H]1CO[C@H]2[C@@H]1OC[C@H]2OCCCC. The van der Waals surface area contributed by atoms with Gasteiger partial charge in [-0.2, -0.15) is 0 Å². The zero-order valence-electron chi connectivity index (χ0n) is 11.6. The quantitative estimate of drug-likeness (QED) is 0.625. The molecule has 0 bridgehead atoms. The Morgan fingerprint density at radius 3 is 1.67 bits per heavy atom. The fraction of sp³-hybridized carbons (Fsp3) is 1.00. The maximum absolute atomic E-state index is 5.83. The van der Waals surface area contributed by atoms with Crippen molar-refractivity contribution in [1.29, 1.82) is 0 Å². The first kappa shape index (κ1) is 14.3. The van der Waals surface area contributed by atoms with Crippen molar-refractivity contribution in [3.63, 3.8) is 0 Å². The third-order valence-electron chi connectivity index (χ3n) is 3.62. The van der Waals surface area contributed by atoms with Crippen LogP contribution in [0.5, 0.6) is 0 Å². The molecule has 0 N–H and O–H groups in total. The molecule has 18 heavy (non-hydrogen) atoms. The van der Waals surface area contributed by atoms with Crippen molar-refractivity contribution < 1.29 is 18.9 Å². The lowest BCUT2D eigenvalue weighted by Gasteiger charge is -2.17. The van der Waals surface area contributed by atoms with Gasteiger partial charge >= 0.3 is 0 Å². The van der Waals surface area contributed by atoms with Gasteiger partial charge in [-0.3, -0.25) is 0 Å². The van der Waals surface area contributed by atoms with E-state index in [1.54, 1.807) is 0 Å². The van der Waals surface area contributed by atoms with Crippen LogP contribution in [0.1, 0.15) is 39.5 Å². The molecule has 0 amide bonds. The molecule has 0 aromatic heterocycles. The van der Waals surface area contributed by atoms with Gasteiger partial charge in [0.1, 0.15) is 24.4 Å². The maximum Gasteiger partial charge on any atom is 0.115 e. The number of unbranched alkanes of at least 4 members (excludes halogenated alkanes) is 2. The molecule has 2 rings (SSSR count). The van der Waals surface area contributed by atoms with Gasteiger partial charge in [0, 0.05) is 13.2 Å². The average molecular weight is 258 g/mol. The minimum Gasteiger partial charge on any atom is -0.373 e. The molecule has 0 saturated carbocycles. The number of rotatable bonds is 8. The van der Waals surface area contributed by atoms with Gasteiger partial charge in [-0.25, -0.2) is 0 Å². The van der Waals surface area contributed by atoms with Crippen molar-refractivity contribution in [2.45, 2.75) is 63.9 Å². The Morgan fingerprint density at radius 2 is 1.28 bits per heavy atom. The van der Waals surface area contributed by atoms with Gasteiger partial charge in [0.15, 0.2) is 0 Å². The van der Waals surface area contributed by atoms with Crippen molar-refractivity contribution in [2.24, 2.45) is 0 Å². The highest BCUT2D eigenvalue weighted by atomic mass is 16.6. The fourth-order valence-electron chi connectivity index (χ4n) is 2.47. The minimum atomic E-state index is 0.0773. The van der Waals surface area contributed by atoms with E-state index in [-0.39, 0.29) is 24.4 Å². The zero-order valence-corrected chi connectivity index (χ0v) is 11.6. The molecule has 0 unspecified atom stereocenters. The van der Waals surface area contributed by atoms with Gasteiger partial charge in [0.2, 0.25) is 0 Å². The number of hydrogen-bond donors (Lipinski definition) is 0. The Kier molecular flexibility index (Phi) is 5.89. The van der Waals surface area contributed by atoms with Crippen molar-refractivity contribution in [3.05, 3.63) is 0 Å². The van der Waals surface area contributed by atoms with Crippen molar-refractivity contribution >= 4 is 0 Å². The normalized spacial score (nSPS) is 35.0. The van der Waals surface area contributed by atoms with E-state index >= 15 is 0 Å². The van der Waals surface area contributed by atoms with Crippen LogP contribution in [0.15, 0.2) is 0 Å².